The second-order valence-electron chi connectivity index (χ2n) is 1.55. The zero-order valence-electron chi connectivity index (χ0n) is 5.97. The zero-order valence-corrected chi connectivity index (χ0v) is 5.97. The number of rotatable bonds is 2. The Labute approximate surface area is 54.7 Å². The predicted molar refractivity (Wildman–Crippen MR) is 35.7 cm³/mol. The summed E-state index contributed by atoms with van der Waals surface area (Å²) in [4.78, 5) is 14.4. The van der Waals surface area contributed by atoms with Gasteiger partial charge < -0.3 is 4.74 Å². The lowest BCUT2D eigenvalue weighted by molar-refractivity contribution is -0.132. The minimum absolute atomic E-state index is 0.350. The monoisotopic (exact) mass is 129 g/mol. The molecule has 52 valence electrons. The lowest BCUT2D eigenvalue weighted by Crippen LogP contribution is -2.11. The largest absolute Gasteiger partial charge is 0.465 e. The smallest absolute Gasteiger partial charge is 0.351 e. The third kappa shape index (κ3) is 2.85. The Hall–Kier alpha value is -0.860. The Morgan fingerprint density at radius 2 is 2.22 bits per heavy atom. The summed E-state index contributed by atoms with van der Waals surface area (Å²) in [6.45, 7) is 4.13. The van der Waals surface area contributed by atoms with Gasteiger partial charge in [0.15, 0.2) is 0 Å². The Bertz CT molecular complexity index is 129. The van der Waals surface area contributed by atoms with Gasteiger partial charge >= 0.3 is 5.97 Å². The van der Waals surface area contributed by atoms with Crippen LogP contribution in [0.5, 0.6) is 0 Å². The topological polar surface area (TPSA) is 38.7 Å². The second kappa shape index (κ2) is 4.06. The van der Waals surface area contributed by atoms with Crippen LogP contribution in [0.25, 0.3) is 0 Å². The van der Waals surface area contributed by atoms with Gasteiger partial charge in [-0.2, -0.15) is 0 Å². The third-order valence-electron chi connectivity index (χ3n) is 0.876. The van der Waals surface area contributed by atoms with Crippen LogP contribution in [0.4, 0.5) is 0 Å². The summed E-state index contributed by atoms with van der Waals surface area (Å²) in [7, 11) is 1.34. The minimum Gasteiger partial charge on any atom is -0.465 e. The highest BCUT2D eigenvalue weighted by atomic mass is 16.5. The van der Waals surface area contributed by atoms with E-state index in [-0.39, 0.29) is 5.97 Å². The molecule has 0 spiro atoms. The highest BCUT2D eigenvalue weighted by Gasteiger charge is 2.01. The summed E-state index contributed by atoms with van der Waals surface area (Å²) in [5, 5.41) is 0. The van der Waals surface area contributed by atoms with Crippen LogP contribution in [0.2, 0.25) is 0 Å². The van der Waals surface area contributed by atoms with E-state index in [1.165, 1.54) is 7.11 Å². The maximum absolute atomic E-state index is 10.5. The first-order chi connectivity index (χ1) is 4.22. The molecule has 0 aromatic rings. The maximum atomic E-state index is 10.5. The highest BCUT2D eigenvalue weighted by molar-refractivity contribution is 6.35. The van der Waals surface area contributed by atoms with Crippen molar-refractivity contribution in [2.24, 2.45) is 4.99 Å². The van der Waals surface area contributed by atoms with E-state index in [1.807, 2.05) is 6.92 Å². The fraction of sp³-hybridized carbons (Fsp3) is 0.667. The van der Waals surface area contributed by atoms with Gasteiger partial charge in [0.2, 0.25) is 0 Å². The summed E-state index contributed by atoms with van der Waals surface area (Å²) in [5.41, 5.74) is 0.431. The molecule has 0 aliphatic rings. The van der Waals surface area contributed by atoms with Crippen LogP contribution in [-0.2, 0) is 9.53 Å². The average Bonchev–Trinajstić information content (AvgIpc) is 1.87. The number of methoxy groups -OCH3 is 1. The molecule has 0 rings (SSSR count). The van der Waals surface area contributed by atoms with Gasteiger partial charge in [0.25, 0.3) is 0 Å². The van der Waals surface area contributed by atoms with Crippen molar-refractivity contribution in [1.29, 1.82) is 0 Å². The first kappa shape index (κ1) is 8.14. The van der Waals surface area contributed by atoms with Gasteiger partial charge in [0.1, 0.15) is 5.71 Å². The van der Waals surface area contributed by atoms with E-state index in [0.29, 0.717) is 12.3 Å². The molecular formula is C6H11NO2. The zero-order chi connectivity index (χ0) is 7.28. The van der Waals surface area contributed by atoms with Crippen LogP contribution in [0, 0.1) is 0 Å². The molecule has 0 atom stereocenters. The van der Waals surface area contributed by atoms with Gasteiger partial charge in [-0.05, 0) is 13.8 Å². The van der Waals surface area contributed by atoms with Crippen LogP contribution in [0.15, 0.2) is 4.99 Å². The van der Waals surface area contributed by atoms with Crippen molar-refractivity contribution < 1.29 is 9.53 Å². The fourth-order valence-corrected chi connectivity index (χ4v) is 0.449. The molecule has 0 radical (unpaired) electrons. The number of aliphatic imine (C=N–C) groups is 1. The molecule has 0 saturated carbocycles. The van der Waals surface area contributed by atoms with E-state index in [9.17, 15) is 4.79 Å². The maximum Gasteiger partial charge on any atom is 0.351 e. The molecule has 0 unspecified atom stereocenters. The normalized spacial score (nSPS) is 11.2. The molecular weight excluding hydrogens is 118 g/mol. The molecule has 0 N–H and O–H groups in total. The number of esters is 1. The van der Waals surface area contributed by atoms with E-state index in [2.05, 4.69) is 9.73 Å². The van der Waals surface area contributed by atoms with Crippen LogP contribution < -0.4 is 0 Å². The molecule has 0 aromatic carbocycles. The van der Waals surface area contributed by atoms with Gasteiger partial charge in [0, 0.05) is 6.54 Å². The van der Waals surface area contributed by atoms with E-state index in [0.717, 1.165) is 0 Å². The van der Waals surface area contributed by atoms with Crippen molar-refractivity contribution in [2.75, 3.05) is 13.7 Å². The average molecular weight is 129 g/mol. The second-order valence-corrected chi connectivity index (χ2v) is 1.55. The standard InChI is InChI=1S/C6H11NO2/c1-4-7-5(2)6(8)9-3/h4H2,1-3H3. The molecule has 0 fully saturated rings. The molecule has 3 heteroatoms. The van der Waals surface area contributed by atoms with Crippen LogP contribution in [0.1, 0.15) is 13.8 Å². The molecule has 0 saturated heterocycles. The SMILES string of the molecule is CCN=C(C)C(=O)OC. The lowest BCUT2D eigenvalue weighted by Gasteiger charge is -1.94. The predicted octanol–water partition coefficient (Wildman–Crippen LogP) is 0.640. The number of ether oxygens (including phenoxy) is 1. The summed E-state index contributed by atoms with van der Waals surface area (Å²) >= 11 is 0. The van der Waals surface area contributed by atoms with Crippen molar-refractivity contribution in [3.63, 3.8) is 0 Å². The molecule has 0 aromatic heterocycles. The van der Waals surface area contributed by atoms with Crippen LogP contribution in [0.3, 0.4) is 0 Å². The van der Waals surface area contributed by atoms with Crippen molar-refractivity contribution in [3.8, 4) is 0 Å². The molecule has 0 heterocycles. The van der Waals surface area contributed by atoms with E-state index >= 15 is 0 Å². The van der Waals surface area contributed by atoms with Gasteiger partial charge in [-0.15, -0.1) is 0 Å². The highest BCUT2D eigenvalue weighted by Crippen LogP contribution is 1.80. The van der Waals surface area contributed by atoms with Crippen molar-refractivity contribution >= 4 is 11.7 Å². The lowest BCUT2D eigenvalue weighted by atomic mass is 10.4. The molecule has 9 heavy (non-hydrogen) atoms. The van der Waals surface area contributed by atoms with Gasteiger partial charge in [0.05, 0.1) is 7.11 Å². The van der Waals surface area contributed by atoms with Crippen molar-refractivity contribution in [3.05, 3.63) is 0 Å². The summed E-state index contributed by atoms with van der Waals surface area (Å²) in [5.74, 6) is -0.350. The molecule has 0 aliphatic carbocycles. The number of carbonyl (C=O) groups is 1. The van der Waals surface area contributed by atoms with Crippen molar-refractivity contribution in [1.82, 2.24) is 0 Å². The molecule has 0 amide bonds. The third-order valence-corrected chi connectivity index (χ3v) is 0.876. The Kier molecular flexibility index (Phi) is 3.67. The Morgan fingerprint density at radius 1 is 1.67 bits per heavy atom. The number of hydrogen-bond acceptors (Lipinski definition) is 3. The summed E-state index contributed by atoms with van der Waals surface area (Å²) in [6.07, 6.45) is 0. The first-order valence-electron chi connectivity index (χ1n) is 2.81. The minimum atomic E-state index is -0.350. The quantitative estimate of drug-likeness (QED) is 0.405. The van der Waals surface area contributed by atoms with Gasteiger partial charge in [-0.1, -0.05) is 0 Å². The van der Waals surface area contributed by atoms with E-state index < -0.39 is 0 Å². The van der Waals surface area contributed by atoms with E-state index in [4.69, 9.17) is 0 Å². The number of carbonyl (C=O) groups excluding carboxylic acids is 1. The number of hydrogen-bond donors (Lipinski definition) is 0. The molecule has 3 nitrogen and oxygen atoms in total. The van der Waals surface area contributed by atoms with Crippen molar-refractivity contribution in [2.45, 2.75) is 13.8 Å². The molecule has 0 bridgehead atoms. The fourth-order valence-electron chi connectivity index (χ4n) is 0.449. The van der Waals surface area contributed by atoms with Gasteiger partial charge in [-0.25, -0.2) is 4.79 Å². The summed E-state index contributed by atoms with van der Waals surface area (Å²) < 4.78 is 4.39. The van der Waals surface area contributed by atoms with Crippen LogP contribution >= 0.6 is 0 Å². The molecule has 0 aliphatic heterocycles. The Morgan fingerprint density at radius 3 is 2.56 bits per heavy atom. The van der Waals surface area contributed by atoms with Crippen LogP contribution in [-0.4, -0.2) is 25.3 Å². The van der Waals surface area contributed by atoms with E-state index in [1.54, 1.807) is 6.92 Å². The first-order valence-corrected chi connectivity index (χ1v) is 2.81. The Balaban J connectivity index is 3.86. The number of nitrogens with zero attached hydrogens (tertiary/aromatic N) is 1. The van der Waals surface area contributed by atoms with Gasteiger partial charge in [-0.3, -0.25) is 4.99 Å². The summed E-state index contributed by atoms with van der Waals surface area (Å²) in [6, 6.07) is 0.